The molecule has 0 aromatic carbocycles. The van der Waals surface area contributed by atoms with E-state index in [0.717, 1.165) is 19.4 Å². The van der Waals surface area contributed by atoms with Crippen LogP contribution < -0.4 is 0 Å². The van der Waals surface area contributed by atoms with Gasteiger partial charge in [-0.05, 0) is 32.1 Å². The maximum absolute atomic E-state index is 6.02. The second-order valence-electron chi connectivity index (χ2n) is 5.17. The van der Waals surface area contributed by atoms with Crippen molar-refractivity contribution in [2.24, 2.45) is 0 Å². The maximum Gasteiger partial charge on any atom is 0.157 e. The predicted molar refractivity (Wildman–Crippen MR) is 72.1 cm³/mol. The van der Waals surface area contributed by atoms with E-state index in [1.165, 1.54) is 51.4 Å². The summed E-state index contributed by atoms with van der Waals surface area (Å²) in [5.74, 6) is 0. The molecule has 1 heterocycles. The summed E-state index contributed by atoms with van der Waals surface area (Å²) >= 11 is 0. The average Bonchev–Trinajstić information content (AvgIpc) is 2.38. The van der Waals surface area contributed by atoms with Gasteiger partial charge < -0.3 is 9.47 Å². The van der Waals surface area contributed by atoms with Crippen LogP contribution in [-0.2, 0) is 9.47 Å². The molecule has 0 N–H and O–H groups in total. The molecule has 1 fully saturated rings. The second-order valence-corrected chi connectivity index (χ2v) is 5.17. The van der Waals surface area contributed by atoms with E-state index in [2.05, 4.69) is 13.8 Å². The fraction of sp³-hybridized carbons (Fsp3) is 1.00. The molecule has 1 aliphatic heterocycles. The van der Waals surface area contributed by atoms with E-state index in [4.69, 9.17) is 9.47 Å². The number of ether oxygens (including phenoxy) is 2. The van der Waals surface area contributed by atoms with Gasteiger partial charge in [0.1, 0.15) is 0 Å². The van der Waals surface area contributed by atoms with Crippen LogP contribution in [0.25, 0.3) is 0 Å². The van der Waals surface area contributed by atoms with E-state index >= 15 is 0 Å². The zero-order valence-electron chi connectivity index (χ0n) is 11.7. The SMILES string of the molecule is CCCCCCCC(CC)OC1CCCCO1. The third-order valence-corrected chi connectivity index (χ3v) is 3.57. The lowest BCUT2D eigenvalue weighted by Crippen LogP contribution is -2.27. The molecule has 2 atom stereocenters. The molecule has 2 nitrogen and oxygen atoms in total. The summed E-state index contributed by atoms with van der Waals surface area (Å²) in [6, 6.07) is 0. The maximum atomic E-state index is 6.02. The summed E-state index contributed by atoms with van der Waals surface area (Å²) in [5, 5.41) is 0. The minimum Gasteiger partial charge on any atom is -0.353 e. The lowest BCUT2D eigenvalue weighted by molar-refractivity contribution is -0.189. The van der Waals surface area contributed by atoms with Crippen molar-refractivity contribution in [2.45, 2.75) is 90.4 Å². The summed E-state index contributed by atoms with van der Waals surface area (Å²) in [6.45, 7) is 5.37. The van der Waals surface area contributed by atoms with Crippen LogP contribution in [0.5, 0.6) is 0 Å². The highest BCUT2D eigenvalue weighted by molar-refractivity contribution is 4.61. The molecule has 1 rings (SSSR count). The molecule has 102 valence electrons. The van der Waals surface area contributed by atoms with E-state index < -0.39 is 0 Å². The number of rotatable bonds is 9. The first-order valence-electron chi connectivity index (χ1n) is 7.63. The molecule has 1 saturated heterocycles. The summed E-state index contributed by atoms with van der Waals surface area (Å²) in [4.78, 5) is 0. The average molecular weight is 242 g/mol. The quantitative estimate of drug-likeness (QED) is 0.547. The van der Waals surface area contributed by atoms with Gasteiger partial charge in [-0.15, -0.1) is 0 Å². The van der Waals surface area contributed by atoms with Gasteiger partial charge in [0.25, 0.3) is 0 Å². The molecule has 0 amide bonds. The fourth-order valence-electron chi connectivity index (χ4n) is 2.38. The molecule has 0 aromatic rings. The van der Waals surface area contributed by atoms with Gasteiger partial charge in [-0.3, -0.25) is 0 Å². The summed E-state index contributed by atoms with van der Waals surface area (Å²) in [6.07, 6.45) is 13.1. The molecule has 0 radical (unpaired) electrons. The van der Waals surface area contributed by atoms with E-state index in [0.29, 0.717) is 6.10 Å². The highest BCUT2D eigenvalue weighted by atomic mass is 16.7. The van der Waals surface area contributed by atoms with Crippen LogP contribution in [0.4, 0.5) is 0 Å². The van der Waals surface area contributed by atoms with Crippen LogP contribution >= 0.6 is 0 Å². The van der Waals surface area contributed by atoms with Crippen LogP contribution in [0.15, 0.2) is 0 Å². The van der Waals surface area contributed by atoms with E-state index in [1.807, 2.05) is 0 Å². The van der Waals surface area contributed by atoms with Gasteiger partial charge in [0.15, 0.2) is 6.29 Å². The normalized spacial score (nSPS) is 22.6. The van der Waals surface area contributed by atoms with Crippen molar-refractivity contribution in [2.75, 3.05) is 6.61 Å². The summed E-state index contributed by atoms with van der Waals surface area (Å²) < 4.78 is 11.7. The van der Waals surface area contributed by atoms with E-state index in [1.54, 1.807) is 0 Å². The molecule has 2 heteroatoms. The molecule has 1 aliphatic rings. The number of unbranched alkanes of at least 4 members (excludes halogenated alkanes) is 4. The van der Waals surface area contributed by atoms with E-state index in [-0.39, 0.29) is 6.29 Å². The first kappa shape index (κ1) is 15.0. The topological polar surface area (TPSA) is 18.5 Å². The van der Waals surface area contributed by atoms with Crippen molar-refractivity contribution in [3.05, 3.63) is 0 Å². The Bertz CT molecular complexity index is 164. The van der Waals surface area contributed by atoms with Crippen molar-refractivity contribution < 1.29 is 9.47 Å². The minimum absolute atomic E-state index is 0.0874. The van der Waals surface area contributed by atoms with E-state index in [9.17, 15) is 0 Å². The van der Waals surface area contributed by atoms with Gasteiger partial charge >= 0.3 is 0 Å². The van der Waals surface area contributed by atoms with Gasteiger partial charge in [0.2, 0.25) is 0 Å². The smallest absolute Gasteiger partial charge is 0.157 e. The first-order chi connectivity index (χ1) is 8.36. The van der Waals surface area contributed by atoms with Gasteiger partial charge in [-0.1, -0.05) is 46.0 Å². The lowest BCUT2D eigenvalue weighted by Gasteiger charge is -2.27. The Hall–Kier alpha value is -0.0800. The Labute approximate surface area is 107 Å². The third-order valence-electron chi connectivity index (χ3n) is 3.57. The fourth-order valence-corrected chi connectivity index (χ4v) is 2.38. The zero-order chi connectivity index (χ0) is 12.3. The molecule has 0 bridgehead atoms. The molecule has 2 unspecified atom stereocenters. The highest BCUT2D eigenvalue weighted by Gasteiger charge is 2.18. The lowest BCUT2D eigenvalue weighted by atomic mass is 10.1. The third kappa shape index (κ3) is 7.05. The van der Waals surface area contributed by atoms with Crippen LogP contribution in [0.1, 0.15) is 78.1 Å². The predicted octanol–water partition coefficient (Wildman–Crippen LogP) is 4.67. The molecule has 17 heavy (non-hydrogen) atoms. The number of hydrogen-bond donors (Lipinski definition) is 0. The van der Waals surface area contributed by atoms with Crippen LogP contribution in [0, 0.1) is 0 Å². The monoisotopic (exact) mass is 242 g/mol. The summed E-state index contributed by atoms with van der Waals surface area (Å²) in [7, 11) is 0. The number of hydrogen-bond acceptors (Lipinski definition) is 2. The zero-order valence-corrected chi connectivity index (χ0v) is 11.7. The Balaban J connectivity index is 2.05. The van der Waals surface area contributed by atoms with Crippen LogP contribution in [0.2, 0.25) is 0 Å². The Morgan fingerprint density at radius 3 is 2.59 bits per heavy atom. The van der Waals surface area contributed by atoms with Crippen LogP contribution in [0.3, 0.4) is 0 Å². The van der Waals surface area contributed by atoms with Crippen molar-refractivity contribution >= 4 is 0 Å². The molecule has 0 aliphatic carbocycles. The van der Waals surface area contributed by atoms with Crippen molar-refractivity contribution in [3.63, 3.8) is 0 Å². The Kier molecular flexibility index (Phi) is 8.72. The van der Waals surface area contributed by atoms with Gasteiger partial charge in [-0.25, -0.2) is 0 Å². The first-order valence-corrected chi connectivity index (χ1v) is 7.63. The van der Waals surface area contributed by atoms with Crippen molar-refractivity contribution in [1.29, 1.82) is 0 Å². The Morgan fingerprint density at radius 2 is 1.94 bits per heavy atom. The second kappa shape index (κ2) is 9.90. The molecule has 0 aromatic heterocycles. The van der Waals surface area contributed by atoms with Gasteiger partial charge in [0.05, 0.1) is 6.10 Å². The standard InChI is InChI=1S/C15H30O2/c1-3-5-6-7-8-11-14(4-2)17-15-12-9-10-13-16-15/h14-15H,3-13H2,1-2H3. The highest BCUT2D eigenvalue weighted by Crippen LogP contribution is 2.19. The summed E-state index contributed by atoms with van der Waals surface area (Å²) in [5.41, 5.74) is 0. The molecule has 0 spiro atoms. The molecule has 0 saturated carbocycles. The molecular weight excluding hydrogens is 212 g/mol. The van der Waals surface area contributed by atoms with Crippen molar-refractivity contribution in [1.82, 2.24) is 0 Å². The largest absolute Gasteiger partial charge is 0.353 e. The van der Waals surface area contributed by atoms with Gasteiger partial charge in [-0.2, -0.15) is 0 Å². The van der Waals surface area contributed by atoms with Crippen molar-refractivity contribution in [3.8, 4) is 0 Å². The minimum atomic E-state index is 0.0874. The Morgan fingerprint density at radius 1 is 1.12 bits per heavy atom. The van der Waals surface area contributed by atoms with Crippen LogP contribution in [-0.4, -0.2) is 19.0 Å². The molecular formula is C15H30O2. The van der Waals surface area contributed by atoms with Gasteiger partial charge in [0, 0.05) is 6.61 Å².